The molecule has 0 saturated carbocycles. The number of aromatic hydroxyl groups is 1. The van der Waals surface area contributed by atoms with E-state index in [9.17, 15) is 5.11 Å². The van der Waals surface area contributed by atoms with Crippen molar-refractivity contribution in [3.8, 4) is 28.4 Å². The fraction of sp³-hybridized carbons (Fsp3) is 0.333. The smallest absolute Gasteiger partial charge is 0.161 e. The summed E-state index contributed by atoms with van der Waals surface area (Å²) in [4.78, 5) is 0. The highest BCUT2D eigenvalue weighted by atomic mass is 16.5. The van der Waals surface area contributed by atoms with Gasteiger partial charge in [0.1, 0.15) is 5.75 Å². The van der Waals surface area contributed by atoms with Crippen LogP contribution < -0.4 is 9.47 Å². The molecule has 22 heavy (non-hydrogen) atoms. The van der Waals surface area contributed by atoms with E-state index >= 15 is 0 Å². The first-order chi connectivity index (χ1) is 10.4. The van der Waals surface area contributed by atoms with Crippen molar-refractivity contribution in [1.82, 2.24) is 0 Å². The van der Waals surface area contributed by atoms with Gasteiger partial charge in [0.25, 0.3) is 0 Å². The number of methoxy groups -OCH3 is 3. The quantitative estimate of drug-likeness (QED) is 0.908. The molecule has 0 bridgehead atoms. The molecule has 1 N–H and O–H groups in total. The van der Waals surface area contributed by atoms with Gasteiger partial charge in [0.15, 0.2) is 11.5 Å². The SMILES string of the molecule is COc1cc(-c2ccc(O)cc2)c(C(C)(C)OC)cc1OC. The standard InChI is InChI=1S/C18H22O4/c1-18(2,22-5)15-11-17(21-4)16(20-3)10-14(15)12-6-8-13(19)9-7-12/h6-11,19H,1-5H3. The topological polar surface area (TPSA) is 47.9 Å². The molecule has 118 valence electrons. The number of ether oxygens (including phenoxy) is 3. The van der Waals surface area contributed by atoms with Crippen LogP contribution in [0, 0.1) is 0 Å². The number of phenols is 1. The molecule has 0 heterocycles. The highest BCUT2D eigenvalue weighted by molar-refractivity contribution is 5.72. The average Bonchev–Trinajstić information content (AvgIpc) is 2.54. The minimum Gasteiger partial charge on any atom is -0.508 e. The second-order valence-corrected chi connectivity index (χ2v) is 5.51. The molecule has 0 fully saturated rings. The molecule has 0 unspecified atom stereocenters. The van der Waals surface area contributed by atoms with Crippen LogP contribution >= 0.6 is 0 Å². The van der Waals surface area contributed by atoms with Gasteiger partial charge in [-0.2, -0.15) is 0 Å². The Labute approximate surface area is 131 Å². The van der Waals surface area contributed by atoms with Gasteiger partial charge in [0.05, 0.1) is 19.8 Å². The Morgan fingerprint density at radius 3 is 1.91 bits per heavy atom. The lowest BCUT2D eigenvalue weighted by Crippen LogP contribution is -2.20. The summed E-state index contributed by atoms with van der Waals surface area (Å²) in [5, 5.41) is 9.49. The van der Waals surface area contributed by atoms with Crippen LogP contribution in [0.25, 0.3) is 11.1 Å². The molecule has 2 aromatic carbocycles. The van der Waals surface area contributed by atoms with Crippen molar-refractivity contribution in [2.75, 3.05) is 21.3 Å². The second-order valence-electron chi connectivity index (χ2n) is 5.51. The molecule has 0 atom stereocenters. The summed E-state index contributed by atoms with van der Waals surface area (Å²) in [6, 6.07) is 10.9. The lowest BCUT2D eigenvalue weighted by molar-refractivity contribution is 0.0195. The number of rotatable bonds is 5. The molecule has 4 nitrogen and oxygen atoms in total. The Kier molecular flexibility index (Phi) is 4.62. The average molecular weight is 302 g/mol. The van der Waals surface area contributed by atoms with Gasteiger partial charge >= 0.3 is 0 Å². The zero-order valence-corrected chi connectivity index (χ0v) is 13.6. The Bertz CT molecular complexity index is 645. The van der Waals surface area contributed by atoms with Crippen molar-refractivity contribution in [2.45, 2.75) is 19.4 Å². The molecule has 0 amide bonds. The molecule has 2 rings (SSSR count). The molecule has 0 aliphatic rings. The predicted octanol–water partition coefficient (Wildman–Crippen LogP) is 3.96. The maximum absolute atomic E-state index is 9.49. The first-order valence-corrected chi connectivity index (χ1v) is 7.04. The molecule has 0 saturated heterocycles. The van der Waals surface area contributed by atoms with Gasteiger partial charge in [-0.25, -0.2) is 0 Å². The van der Waals surface area contributed by atoms with Crippen molar-refractivity contribution in [2.24, 2.45) is 0 Å². The van der Waals surface area contributed by atoms with Crippen molar-refractivity contribution < 1.29 is 19.3 Å². The van der Waals surface area contributed by atoms with Gasteiger partial charge in [0.2, 0.25) is 0 Å². The van der Waals surface area contributed by atoms with Crippen LogP contribution in [-0.2, 0) is 10.3 Å². The molecule has 4 heteroatoms. The third-order valence-electron chi connectivity index (χ3n) is 3.86. The highest BCUT2D eigenvalue weighted by Crippen LogP contribution is 2.41. The summed E-state index contributed by atoms with van der Waals surface area (Å²) in [6.45, 7) is 4.00. The fourth-order valence-electron chi connectivity index (χ4n) is 2.37. The van der Waals surface area contributed by atoms with Crippen LogP contribution in [0.1, 0.15) is 19.4 Å². The largest absolute Gasteiger partial charge is 0.508 e. The van der Waals surface area contributed by atoms with Crippen LogP contribution in [0.4, 0.5) is 0 Å². The Morgan fingerprint density at radius 2 is 1.41 bits per heavy atom. The van der Waals surface area contributed by atoms with Gasteiger partial charge in [-0.1, -0.05) is 12.1 Å². The summed E-state index contributed by atoms with van der Waals surface area (Å²) in [5.41, 5.74) is 2.44. The Balaban J connectivity index is 2.71. The molecule has 0 aliphatic heterocycles. The van der Waals surface area contributed by atoms with Crippen LogP contribution in [0.2, 0.25) is 0 Å². The number of hydrogen-bond donors (Lipinski definition) is 1. The number of hydrogen-bond acceptors (Lipinski definition) is 4. The summed E-state index contributed by atoms with van der Waals surface area (Å²) in [7, 11) is 4.90. The van der Waals surface area contributed by atoms with Crippen LogP contribution in [0.5, 0.6) is 17.2 Å². The Morgan fingerprint density at radius 1 is 0.864 bits per heavy atom. The zero-order chi connectivity index (χ0) is 16.3. The van der Waals surface area contributed by atoms with Gasteiger partial charge in [-0.3, -0.25) is 0 Å². The molecular formula is C18H22O4. The fourth-order valence-corrected chi connectivity index (χ4v) is 2.37. The van der Waals surface area contributed by atoms with E-state index in [1.54, 1.807) is 33.5 Å². The first-order valence-electron chi connectivity index (χ1n) is 7.04. The van der Waals surface area contributed by atoms with E-state index in [0.29, 0.717) is 11.5 Å². The van der Waals surface area contributed by atoms with Crippen molar-refractivity contribution in [3.05, 3.63) is 42.0 Å². The number of benzene rings is 2. The van der Waals surface area contributed by atoms with E-state index in [0.717, 1.165) is 16.7 Å². The molecular weight excluding hydrogens is 280 g/mol. The van der Waals surface area contributed by atoms with E-state index in [-0.39, 0.29) is 5.75 Å². The van der Waals surface area contributed by atoms with Crippen LogP contribution in [-0.4, -0.2) is 26.4 Å². The summed E-state index contributed by atoms with van der Waals surface area (Å²) in [6.07, 6.45) is 0. The van der Waals surface area contributed by atoms with Crippen LogP contribution in [0.15, 0.2) is 36.4 Å². The minimum atomic E-state index is -0.493. The minimum absolute atomic E-state index is 0.233. The Hall–Kier alpha value is -2.20. The van der Waals surface area contributed by atoms with Gasteiger partial charge in [-0.15, -0.1) is 0 Å². The highest BCUT2D eigenvalue weighted by Gasteiger charge is 2.26. The summed E-state index contributed by atoms with van der Waals surface area (Å²) < 4.78 is 16.5. The van der Waals surface area contributed by atoms with Crippen LogP contribution in [0.3, 0.4) is 0 Å². The maximum atomic E-state index is 9.49. The summed E-state index contributed by atoms with van der Waals surface area (Å²) >= 11 is 0. The van der Waals surface area contributed by atoms with Gasteiger partial charge in [0, 0.05) is 7.11 Å². The monoisotopic (exact) mass is 302 g/mol. The lowest BCUT2D eigenvalue weighted by Gasteiger charge is -2.27. The zero-order valence-electron chi connectivity index (χ0n) is 13.6. The van der Waals surface area contributed by atoms with Crippen molar-refractivity contribution in [3.63, 3.8) is 0 Å². The maximum Gasteiger partial charge on any atom is 0.161 e. The molecule has 0 aliphatic carbocycles. The first kappa shape index (κ1) is 16.2. The third-order valence-corrected chi connectivity index (χ3v) is 3.86. The molecule has 2 aromatic rings. The molecule has 0 aromatic heterocycles. The van der Waals surface area contributed by atoms with Gasteiger partial charge < -0.3 is 19.3 Å². The normalized spacial score (nSPS) is 11.3. The second kappa shape index (κ2) is 6.28. The number of phenolic OH excluding ortho intramolecular Hbond substituents is 1. The molecule has 0 radical (unpaired) electrons. The molecule has 0 spiro atoms. The third kappa shape index (κ3) is 3.02. The van der Waals surface area contributed by atoms with E-state index in [1.807, 2.05) is 38.1 Å². The van der Waals surface area contributed by atoms with E-state index in [1.165, 1.54) is 0 Å². The van der Waals surface area contributed by atoms with E-state index < -0.39 is 5.60 Å². The predicted molar refractivity (Wildman–Crippen MR) is 86.7 cm³/mol. The lowest BCUT2D eigenvalue weighted by atomic mass is 9.88. The summed E-state index contributed by atoms with van der Waals surface area (Å²) in [5.74, 6) is 1.54. The van der Waals surface area contributed by atoms with E-state index in [2.05, 4.69) is 0 Å². The van der Waals surface area contributed by atoms with Gasteiger partial charge in [-0.05, 0) is 54.8 Å². The van der Waals surface area contributed by atoms with Crippen molar-refractivity contribution in [1.29, 1.82) is 0 Å². The van der Waals surface area contributed by atoms with Crippen molar-refractivity contribution >= 4 is 0 Å². The van der Waals surface area contributed by atoms with E-state index in [4.69, 9.17) is 14.2 Å².